The first-order chi connectivity index (χ1) is 8.93. The van der Waals surface area contributed by atoms with Crippen molar-refractivity contribution >= 4 is 11.8 Å². The van der Waals surface area contributed by atoms with E-state index in [1.807, 2.05) is 11.8 Å². The molecule has 19 heavy (non-hydrogen) atoms. The van der Waals surface area contributed by atoms with Crippen molar-refractivity contribution in [2.24, 2.45) is 11.8 Å². The zero-order chi connectivity index (χ0) is 14.4. The van der Waals surface area contributed by atoms with Crippen molar-refractivity contribution in [2.45, 2.75) is 64.8 Å². The maximum Gasteiger partial charge on any atom is 0.0244 e. The number of nitrogens with one attached hydrogen (secondary N) is 1. The second-order valence-electron chi connectivity index (χ2n) is 6.88. The Bertz CT molecular complexity index is 243. The van der Waals surface area contributed by atoms with Gasteiger partial charge < -0.3 is 5.32 Å². The third-order valence-electron chi connectivity index (χ3n) is 4.29. The Labute approximate surface area is 125 Å². The highest BCUT2D eigenvalue weighted by atomic mass is 32.2. The van der Waals surface area contributed by atoms with E-state index in [1.165, 1.54) is 32.5 Å². The molecular formula is C16H34N2S. The summed E-state index contributed by atoms with van der Waals surface area (Å²) < 4.78 is 0. The molecule has 0 radical (unpaired) electrons. The molecule has 0 spiro atoms. The lowest BCUT2D eigenvalue weighted by Crippen LogP contribution is -2.58. The topological polar surface area (TPSA) is 15.3 Å². The summed E-state index contributed by atoms with van der Waals surface area (Å²) in [7, 11) is 0. The second-order valence-corrected chi connectivity index (χ2v) is 8.15. The van der Waals surface area contributed by atoms with Crippen molar-refractivity contribution in [3.05, 3.63) is 0 Å². The SMILES string of the molecule is CSC(C)CCN1CC(CC(C)C)NCC1C(C)C. The third-order valence-corrected chi connectivity index (χ3v) is 5.33. The van der Waals surface area contributed by atoms with Crippen LogP contribution in [0.25, 0.3) is 0 Å². The number of piperazine rings is 1. The molecule has 1 aliphatic heterocycles. The van der Waals surface area contributed by atoms with Gasteiger partial charge in [-0.1, -0.05) is 34.6 Å². The van der Waals surface area contributed by atoms with Gasteiger partial charge in [0, 0.05) is 30.4 Å². The van der Waals surface area contributed by atoms with Crippen LogP contribution in [0.1, 0.15) is 47.5 Å². The second kappa shape index (κ2) is 8.53. The van der Waals surface area contributed by atoms with Gasteiger partial charge in [0.1, 0.15) is 0 Å². The van der Waals surface area contributed by atoms with Gasteiger partial charge in [0.05, 0.1) is 0 Å². The van der Waals surface area contributed by atoms with Gasteiger partial charge in [-0.15, -0.1) is 0 Å². The summed E-state index contributed by atoms with van der Waals surface area (Å²) in [5, 5.41) is 4.55. The molecule has 1 heterocycles. The van der Waals surface area contributed by atoms with Crippen LogP contribution in [0.4, 0.5) is 0 Å². The van der Waals surface area contributed by atoms with E-state index in [2.05, 4.69) is 51.1 Å². The average molecular weight is 287 g/mol. The fraction of sp³-hybridized carbons (Fsp3) is 1.00. The normalized spacial score (nSPS) is 27.2. The van der Waals surface area contributed by atoms with Gasteiger partial charge in [-0.3, -0.25) is 4.90 Å². The van der Waals surface area contributed by atoms with E-state index in [4.69, 9.17) is 0 Å². The van der Waals surface area contributed by atoms with E-state index in [9.17, 15) is 0 Å². The van der Waals surface area contributed by atoms with E-state index in [-0.39, 0.29) is 0 Å². The third kappa shape index (κ3) is 6.05. The van der Waals surface area contributed by atoms with Crippen molar-refractivity contribution in [3.63, 3.8) is 0 Å². The van der Waals surface area contributed by atoms with Gasteiger partial charge in [-0.25, -0.2) is 0 Å². The molecule has 0 aromatic heterocycles. The molecule has 0 saturated carbocycles. The molecule has 1 fully saturated rings. The highest BCUT2D eigenvalue weighted by Gasteiger charge is 2.29. The molecule has 2 nitrogen and oxygen atoms in total. The van der Waals surface area contributed by atoms with E-state index in [0.717, 1.165) is 23.1 Å². The lowest BCUT2D eigenvalue weighted by Gasteiger charge is -2.43. The number of hydrogen-bond acceptors (Lipinski definition) is 3. The molecule has 1 saturated heterocycles. The maximum absolute atomic E-state index is 3.77. The van der Waals surface area contributed by atoms with Crippen molar-refractivity contribution in [3.8, 4) is 0 Å². The Balaban J connectivity index is 2.52. The van der Waals surface area contributed by atoms with Crippen LogP contribution in [0.3, 0.4) is 0 Å². The molecule has 0 aromatic rings. The summed E-state index contributed by atoms with van der Waals surface area (Å²) in [5.74, 6) is 1.54. The molecule has 0 aliphatic carbocycles. The van der Waals surface area contributed by atoms with Crippen LogP contribution < -0.4 is 5.32 Å². The summed E-state index contributed by atoms with van der Waals surface area (Å²) in [5.41, 5.74) is 0. The van der Waals surface area contributed by atoms with Gasteiger partial charge in [-0.05, 0) is 37.5 Å². The van der Waals surface area contributed by atoms with Gasteiger partial charge in [-0.2, -0.15) is 11.8 Å². The van der Waals surface area contributed by atoms with Crippen molar-refractivity contribution in [1.29, 1.82) is 0 Å². The first kappa shape index (κ1) is 17.3. The predicted octanol–water partition coefficient (Wildman–Crippen LogP) is 3.47. The smallest absolute Gasteiger partial charge is 0.0244 e. The van der Waals surface area contributed by atoms with Gasteiger partial charge in [0.2, 0.25) is 0 Å². The van der Waals surface area contributed by atoms with Crippen molar-refractivity contribution in [1.82, 2.24) is 10.2 Å². The molecule has 3 unspecified atom stereocenters. The van der Waals surface area contributed by atoms with Crippen molar-refractivity contribution < 1.29 is 0 Å². The summed E-state index contributed by atoms with van der Waals surface area (Å²) >= 11 is 1.99. The fourth-order valence-electron chi connectivity index (χ4n) is 3.01. The van der Waals surface area contributed by atoms with Crippen LogP contribution in [-0.4, -0.2) is 48.1 Å². The van der Waals surface area contributed by atoms with Crippen LogP contribution in [-0.2, 0) is 0 Å². The molecular weight excluding hydrogens is 252 g/mol. The Morgan fingerprint density at radius 2 is 1.89 bits per heavy atom. The molecule has 1 rings (SSSR count). The zero-order valence-electron chi connectivity index (χ0n) is 13.8. The Morgan fingerprint density at radius 3 is 2.42 bits per heavy atom. The number of rotatable bonds is 7. The Kier molecular flexibility index (Phi) is 7.78. The highest BCUT2D eigenvalue weighted by molar-refractivity contribution is 7.99. The average Bonchev–Trinajstić information content (AvgIpc) is 2.34. The van der Waals surface area contributed by atoms with E-state index in [0.29, 0.717) is 6.04 Å². The minimum absolute atomic E-state index is 0.694. The lowest BCUT2D eigenvalue weighted by molar-refractivity contribution is 0.0912. The largest absolute Gasteiger partial charge is 0.311 e. The Morgan fingerprint density at radius 1 is 1.21 bits per heavy atom. The van der Waals surface area contributed by atoms with Crippen LogP contribution in [0.2, 0.25) is 0 Å². The molecule has 114 valence electrons. The molecule has 0 aromatic carbocycles. The van der Waals surface area contributed by atoms with Crippen LogP contribution in [0.5, 0.6) is 0 Å². The quantitative estimate of drug-likeness (QED) is 0.771. The maximum atomic E-state index is 3.77. The molecule has 1 N–H and O–H groups in total. The summed E-state index contributed by atoms with van der Waals surface area (Å²) in [6.07, 6.45) is 4.85. The molecule has 3 atom stereocenters. The molecule has 0 bridgehead atoms. The van der Waals surface area contributed by atoms with Gasteiger partial charge in [0.15, 0.2) is 0 Å². The number of hydrogen-bond donors (Lipinski definition) is 1. The lowest BCUT2D eigenvalue weighted by atomic mass is 9.94. The Hall–Kier alpha value is 0.270. The first-order valence-corrected chi connectivity index (χ1v) is 9.23. The monoisotopic (exact) mass is 286 g/mol. The van der Waals surface area contributed by atoms with Gasteiger partial charge in [0.25, 0.3) is 0 Å². The van der Waals surface area contributed by atoms with Crippen LogP contribution in [0.15, 0.2) is 0 Å². The van der Waals surface area contributed by atoms with E-state index < -0.39 is 0 Å². The standard InChI is InChI=1S/C16H34N2S/c1-12(2)9-15-11-18(8-7-14(5)19-6)16(10-17-15)13(3)4/h12-17H,7-11H2,1-6H3. The van der Waals surface area contributed by atoms with Gasteiger partial charge >= 0.3 is 0 Å². The van der Waals surface area contributed by atoms with Crippen LogP contribution in [0, 0.1) is 11.8 Å². The minimum atomic E-state index is 0.694. The van der Waals surface area contributed by atoms with E-state index in [1.54, 1.807) is 0 Å². The predicted molar refractivity (Wildman–Crippen MR) is 89.0 cm³/mol. The summed E-state index contributed by atoms with van der Waals surface area (Å²) in [6.45, 7) is 15.4. The first-order valence-electron chi connectivity index (χ1n) is 7.94. The number of thioether (sulfide) groups is 1. The van der Waals surface area contributed by atoms with Crippen LogP contribution >= 0.6 is 11.8 Å². The van der Waals surface area contributed by atoms with E-state index >= 15 is 0 Å². The minimum Gasteiger partial charge on any atom is -0.311 e. The fourth-order valence-corrected chi connectivity index (χ4v) is 3.35. The number of nitrogens with zero attached hydrogens (tertiary/aromatic N) is 1. The summed E-state index contributed by atoms with van der Waals surface area (Å²) in [4.78, 5) is 2.75. The molecule has 1 aliphatic rings. The highest BCUT2D eigenvalue weighted by Crippen LogP contribution is 2.20. The summed E-state index contributed by atoms with van der Waals surface area (Å²) in [6, 6.07) is 1.41. The van der Waals surface area contributed by atoms with Crippen molar-refractivity contribution in [2.75, 3.05) is 25.9 Å². The molecule has 3 heteroatoms. The zero-order valence-corrected chi connectivity index (χ0v) is 14.6. The molecule has 0 amide bonds.